The summed E-state index contributed by atoms with van der Waals surface area (Å²) in [6.45, 7) is 7.94. The lowest BCUT2D eigenvalue weighted by Crippen LogP contribution is -2.37. The first-order valence-electron chi connectivity index (χ1n) is 13.4. The third-order valence-electron chi connectivity index (χ3n) is 8.25. The van der Waals surface area contributed by atoms with Crippen molar-refractivity contribution in [3.8, 4) is 17.1 Å². The molecule has 0 N–H and O–H groups in total. The van der Waals surface area contributed by atoms with Crippen LogP contribution in [-0.2, 0) is 19.5 Å². The molecule has 6 rings (SSSR count). The normalized spacial score (nSPS) is 23.0. The molecular formula is C29H37N5O. The molecule has 0 amide bonds. The number of hydrogen-bond acceptors (Lipinski definition) is 5. The first-order valence-corrected chi connectivity index (χ1v) is 13.4. The molecule has 184 valence electrons. The van der Waals surface area contributed by atoms with Crippen LogP contribution in [-0.4, -0.2) is 64.4 Å². The van der Waals surface area contributed by atoms with E-state index in [9.17, 15) is 0 Å². The minimum Gasteiger partial charge on any atom is -0.497 e. The minimum atomic E-state index is 0.743. The number of hydrogen-bond donors (Lipinski definition) is 0. The molecule has 6 heteroatoms. The first kappa shape index (κ1) is 22.7. The Hall–Kier alpha value is -2.70. The Morgan fingerprint density at radius 3 is 2.51 bits per heavy atom. The molecular weight excluding hydrogens is 434 g/mol. The lowest BCUT2D eigenvalue weighted by molar-refractivity contribution is 0.160. The standard InChI is InChI=1S/C29H37N5O/c1-35-27-6-4-5-25(19-27)29-31-30-28-11-14-33(15-16-34(28)29)21-23-17-26(18-23)24-9-7-22(8-10-24)20-32-12-2-3-13-32/h4-10,19,23,26H,2-3,11-18,20-21H2,1H3. The molecule has 0 bridgehead atoms. The predicted octanol–water partition coefficient (Wildman–Crippen LogP) is 4.60. The van der Waals surface area contributed by atoms with Crippen molar-refractivity contribution in [2.45, 2.75) is 51.1 Å². The van der Waals surface area contributed by atoms with Gasteiger partial charge in [-0.3, -0.25) is 4.90 Å². The Morgan fingerprint density at radius 2 is 1.71 bits per heavy atom. The molecule has 0 radical (unpaired) electrons. The zero-order valence-electron chi connectivity index (χ0n) is 20.9. The predicted molar refractivity (Wildman–Crippen MR) is 139 cm³/mol. The number of likely N-dealkylation sites (tertiary alicyclic amines) is 1. The molecule has 1 saturated heterocycles. The fraction of sp³-hybridized carbons (Fsp3) is 0.517. The molecule has 0 unspecified atom stereocenters. The number of aromatic nitrogens is 3. The second-order valence-electron chi connectivity index (χ2n) is 10.6. The highest BCUT2D eigenvalue weighted by molar-refractivity contribution is 5.58. The maximum atomic E-state index is 5.41. The van der Waals surface area contributed by atoms with Crippen LogP contribution in [0.15, 0.2) is 48.5 Å². The number of benzene rings is 2. The maximum Gasteiger partial charge on any atom is 0.164 e. The zero-order valence-corrected chi connectivity index (χ0v) is 20.9. The van der Waals surface area contributed by atoms with Crippen molar-refractivity contribution in [3.63, 3.8) is 0 Å². The molecule has 1 aliphatic carbocycles. The topological polar surface area (TPSA) is 46.4 Å². The molecule has 2 aromatic carbocycles. The molecule has 2 aliphatic heterocycles. The van der Waals surface area contributed by atoms with E-state index in [2.05, 4.69) is 54.9 Å². The van der Waals surface area contributed by atoms with Crippen molar-refractivity contribution in [2.75, 3.05) is 39.8 Å². The maximum absolute atomic E-state index is 5.41. The van der Waals surface area contributed by atoms with Gasteiger partial charge < -0.3 is 14.2 Å². The van der Waals surface area contributed by atoms with E-state index >= 15 is 0 Å². The van der Waals surface area contributed by atoms with Crippen molar-refractivity contribution in [1.82, 2.24) is 24.6 Å². The molecule has 0 spiro atoms. The van der Waals surface area contributed by atoms with Gasteiger partial charge in [-0.25, -0.2) is 0 Å². The molecule has 3 aromatic rings. The van der Waals surface area contributed by atoms with Crippen LogP contribution < -0.4 is 4.74 Å². The van der Waals surface area contributed by atoms with Crippen LogP contribution in [0.2, 0.25) is 0 Å². The summed E-state index contributed by atoms with van der Waals surface area (Å²) in [6.07, 6.45) is 6.33. The molecule has 3 heterocycles. The molecule has 2 fully saturated rings. The van der Waals surface area contributed by atoms with Crippen molar-refractivity contribution in [3.05, 3.63) is 65.5 Å². The van der Waals surface area contributed by atoms with Crippen molar-refractivity contribution < 1.29 is 4.74 Å². The van der Waals surface area contributed by atoms with E-state index in [0.717, 1.165) is 67.4 Å². The molecule has 1 saturated carbocycles. The third kappa shape index (κ3) is 5.00. The van der Waals surface area contributed by atoms with Gasteiger partial charge in [-0.1, -0.05) is 36.4 Å². The van der Waals surface area contributed by atoms with Gasteiger partial charge in [0.2, 0.25) is 0 Å². The van der Waals surface area contributed by atoms with Gasteiger partial charge in [-0.15, -0.1) is 10.2 Å². The second kappa shape index (κ2) is 10.1. The quantitative estimate of drug-likeness (QED) is 0.504. The Kier molecular flexibility index (Phi) is 6.57. The number of nitrogens with zero attached hydrogens (tertiary/aromatic N) is 5. The van der Waals surface area contributed by atoms with E-state index in [4.69, 9.17) is 4.74 Å². The van der Waals surface area contributed by atoms with E-state index in [-0.39, 0.29) is 0 Å². The van der Waals surface area contributed by atoms with Crippen molar-refractivity contribution >= 4 is 0 Å². The summed E-state index contributed by atoms with van der Waals surface area (Å²) in [7, 11) is 1.71. The van der Waals surface area contributed by atoms with E-state index < -0.39 is 0 Å². The summed E-state index contributed by atoms with van der Waals surface area (Å²) in [5.41, 5.74) is 4.08. The fourth-order valence-electron chi connectivity index (χ4n) is 6.14. The zero-order chi connectivity index (χ0) is 23.6. The van der Waals surface area contributed by atoms with Crippen LogP contribution in [0.25, 0.3) is 11.4 Å². The molecule has 1 aromatic heterocycles. The van der Waals surface area contributed by atoms with Crippen molar-refractivity contribution in [2.24, 2.45) is 5.92 Å². The van der Waals surface area contributed by atoms with E-state index in [1.165, 1.54) is 56.4 Å². The Bertz CT molecular complexity index is 1130. The van der Waals surface area contributed by atoms with Gasteiger partial charge in [0, 0.05) is 44.7 Å². The van der Waals surface area contributed by atoms with Crippen LogP contribution >= 0.6 is 0 Å². The summed E-state index contributed by atoms with van der Waals surface area (Å²) in [5, 5.41) is 9.04. The van der Waals surface area contributed by atoms with Crippen LogP contribution in [0, 0.1) is 5.92 Å². The summed E-state index contributed by atoms with van der Waals surface area (Å²) >= 11 is 0. The van der Waals surface area contributed by atoms with E-state index in [1.54, 1.807) is 7.11 Å². The van der Waals surface area contributed by atoms with Gasteiger partial charge in [0.05, 0.1) is 7.11 Å². The summed E-state index contributed by atoms with van der Waals surface area (Å²) in [4.78, 5) is 5.22. The van der Waals surface area contributed by atoms with Gasteiger partial charge in [-0.2, -0.15) is 0 Å². The second-order valence-corrected chi connectivity index (χ2v) is 10.6. The van der Waals surface area contributed by atoms with Crippen LogP contribution in [0.4, 0.5) is 0 Å². The third-order valence-corrected chi connectivity index (χ3v) is 8.25. The summed E-state index contributed by atoms with van der Waals surface area (Å²) in [5.74, 6) is 4.47. The van der Waals surface area contributed by atoms with Gasteiger partial charge in [0.25, 0.3) is 0 Å². The smallest absolute Gasteiger partial charge is 0.164 e. The first-order chi connectivity index (χ1) is 17.2. The monoisotopic (exact) mass is 471 g/mol. The molecule has 35 heavy (non-hydrogen) atoms. The average Bonchev–Trinajstić information content (AvgIpc) is 3.48. The van der Waals surface area contributed by atoms with Gasteiger partial charge in [0.1, 0.15) is 11.6 Å². The summed E-state index contributed by atoms with van der Waals surface area (Å²) in [6, 6.07) is 17.7. The van der Waals surface area contributed by atoms with E-state index in [1.807, 2.05) is 18.2 Å². The largest absolute Gasteiger partial charge is 0.497 e. The number of ether oxygens (including phenoxy) is 1. The van der Waals surface area contributed by atoms with Gasteiger partial charge in [-0.05, 0) is 73.9 Å². The number of methoxy groups -OCH3 is 1. The average molecular weight is 472 g/mol. The highest BCUT2D eigenvalue weighted by Gasteiger charge is 2.32. The summed E-state index contributed by atoms with van der Waals surface area (Å²) < 4.78 is 7.71. The SMILES string of the molecule is COc1cccc(-c2nnc3n2CCN(CC2CC(c4ccc(CN5CCCC5)cc4)C2)CC3)c1. The Morgan fingerprint density at radius 1 is 0.886 bits per heavy atom. The Labute approximate surface area is 208 Å². The molecule has 6 nitrogen and oxygen atoms in total. The molecule has 0 atom stereocenters. The van der Waals surface area contributed by atoms with Crippen molar-refractivity contribution in [1.29, 1.82) is 0 Å². The van der Waals surface area contributed by atoms with Crippen LogP contribution in [0.5, 0.6) is 5.75 Å². The molecule has 3 aliphatic rings. The highest BCUT2D eigenvalue weighted by atomic mass is 16.5. The van der Waals surface area contributed by atoms with Crippen LogP contribution in [0.1, 0.15) is 48.6 Å². The van der Waals surface area contributed by atoms with Gasteiger partial charge >= 0.3 is 0 Å². The number of rotatable bonds is 7. The highest BCUT2D eigenvalue weighted by Crippen LogP contribution is 2.42. The number of fused-ring (bicyclic) bond motifs is 1. The fourth-order valence-corrected chi connectivity index (χ4v) is 6.14. The lowest BCUT2D eigenvalue weighted by atomic mass is 9.71. The Balaban J connectivity index is 1.01. The van der Waals surface area contributed by atoms with Gasteiger partial charge in [0.15, 0.2) is 5.82 Å². The van der Waals surface area contributed by atoms with Crippen LogP contribution in [0.3, 0.4) is 0 Å². The van der Waals surface area contributed by atoms with E-state index in [0.29, 0.717) is 0 Å². The minimum absolute atomic E-state index is 0.743. The lowest BCUT2D eigenvalue weighted by Gasteiger charge is -2.38.